The van der Waals surface area contributed by atoms with Gasteiger partial charge in [0.15, 0.2) is 0 Å². The summed E-state index contributed by atoms with van der Waals surface area (Å²) in [6, 6.07) is 6.69. The molecule has 0 aliphatic carbocycles. The quantitative estimate of drug-likeness (QED) is 0.748. The van der Waals surface area contributed by atoms with Gasteiger partial charge in [-0.3, -0.25) is 4.79 Å². The third-order valence-corrected chi connectivity index (χ3v) is 3.99. The molecule has 6 heteroatoms. The Balaban J connectivity index is 1.98. The van der Waals surface area contributed by atoms with Gasteiger partial charge < -0.3 is 15.2 Å². The monoisotopic (exact) mass is 389 g/mol. The van der Waals surface area contributed by atoms with Crippen LogP contribution >= 0.6 is 22.6 Å². The van der Waals surface area contributed by atoms with Crippen molar-refractivity contribution in [3.8, 4) is 0 Å². The molecule has 1 heterocycles. The summed E-state index contributed by atoms with van der Waals surface area (Å²) < 4.78 is 6.23. The lowest BCUT2D eigenvalue weighted by Gasteiger charge is -2.17. The number of amides is 1. The van der Waals surface area contributed by atoms with Crippen LogP contribution in [0, 0.1) is 9.49 Å². The Bertz CT molecular complexity index is 482. The maximum atomic E-state index is 11.9. The molecule has 2 N–H and O–H groups in total. The number of hydrogen-bond acceptors (Lipinski definition) is 3. The van der Waals surface area contributed by atoms with Crippen LogP contribution in [0.1, 0.15) is 12.0 Å². The molecule has 0 spiro atoms. The van der Waals surface area contributed by atoms with Crippen LogP contribution < -0.4 is 5.32 Å². The Morgan fingerprint density at radius 1 is 1.40 bits per heavy atom. The first-order valence-electron chi connectivity index (χ1n) is 6.41. The number of carboxylic acids is 1. The second kappa shape index (κ2) is 7.03. The van der Waals surface area contributed by atoms with Gasteiger partial charge in [-0.05, 0) is 46.7 Å². The minimum Gasteiger partial charge on any atom is -0.480 e. The van der Waals surface area contributed by atoms with E-state index in [1.54, 1.807) is 0 Å². The number of aliphatic carboxylic acids is 1. The van der Waals surface area contributed by atoms with E-state index in [1.807, 2.05) is 24.3 Å². The summed E-state index contributed by atoms with van der Waals surface area (Å²) in [7, 11) is 0. The van der Waals surface area contributed by atoms with Crippen molar-refractivity contribution >= 4 is 34.5 Å². The Morgan fingerprint density at radius 3 is 2.65 bits per heavy atom. The van der Waals surface area contributed by atoms with Crippen molar-refractivity contribution in [3.63, 3.8) is 0 Å². The molecule has 5 nitrogen and oxygen atoms in total. The first-order chi connectivity index (χ1) is 9.56. The van der Waals surface area contributed by atoms with Gasteiger partial charge in [0, 0.05) is 16.6 Å². The Kier molecular flexibility index (Phi) is 5.36. The predicted octanol–water partition coefficient (Wildman–Crippen LogP) is 1.44. The van der Waals surface area contributed by atoms with Gasteiger partial charge in [0.2, 0.25) is 5.91 Å². The summed E-state index contributed by atoms with van der Waals surface area (Å²) in [5, 5.41) is 11.8. The van der Waals surface area contributed by atoms with Crippen LogP contribution in [-0.2, 0) is 20.7 Å². The molecule has 2 atom stereocenters. The van der Waals surface area contributed by atoms with Crippen LogP contribution in [0.4, 0.5) is 0 Å². The van der Waals surface area contributed by atoms with E-state index in [4.69, 9.17) is 4.74 Å². The van der Waals surface area contributed by atoms with Gasteiger partial charge >= 0.3 is 5.97 Å². The van der Waals surface area contributed by atoms with E-state index < -0.39 is 12.0 Å². The molecule has 1 aliphatic heterocycles. The number of benzene rings is 1. The third-order valence-electron chi connectivity index (χ3n) is 3.27. The largest absolute Gasteiger partial charge is 0.480 e. The molecule has 0 saturated carbocycles. The molecule has 2 rings (SSSR count). The van der Waals surface area contributed by atoms with E-state index in [0.717, 1.165) is 9.13 Å². The van der Waals surface area contributed by atoms with Crippen molar-refractivity contribution in [1.29, 1.82) is 0 Å². The zero-order valence-electron chi connectivity index (χ0n) is 10.8. The second-order valence-corrected chi connectivity index (χ2v) is 6.04. The highest BCUT2D eigenvalue weighted by Crippen LogP contribution is 2.13. The van der Waals surface area contributed by atoms with E-state index in [-0.39, 0.29) is 18.2 Å². The van der Waals surface area contributed by atoms with E-state index in [9.17, 15) is 14.7 Å². The normalized spacial score (nSPS) is 19.6. The second-order valence-electron chi connectivity index (χ2n) is 4.79. The number of ether oxygens (including phenoxy) is 1. The van der Waals surface area contributed by atoms with Gasteiger partial charge in [-0.25, -0.2) is 4.79 Å². The van der Waals surface area contributed by atoms with Crippen LogP contribution in [0.3, 0.4) is 0 Å². The Hall–Kier alpha value is -1.15. The van der Waals surface area contributed by atoms with E-state index in [0.29, 0.717) is 19.6 Å². The van der Waals surface area contributed by atoms with Crippen molar-refractivity contribution in [2.24, 2.45) is 5.92 Å². The van der Waals surface area contributed by atoms with Gasteiger partial charge in [-0.15, -0.1) is 0 Å². The standard InChI is InChI=1S/C14H16INO4/c15-11-3-1-9(2-4-11)7-12(14(18)19)16-13(17)10-5-6-20-8-10/h1-4,10,12H,5-8H2,(H,16,17)(H,18,19)/t10-,12-/m1/s1. The van der Waals surface area contributed by atoms with Crippen LogP contribution in [0.5, 0.6) is 0 Å². The SMILES string of the molecule is O=C(N[C@H](Cc1ccc(I)cc1)C(=O)O)[C@@H]1CCOC1. The fraction of sp³-hybridized carbons (Fsp3) is 0.429. The maximum absolute atomic E-state index is 11.9. The lowest BCUT2D eigenvalue weighted by Crippen LogP contribution is -2.45. The molecule has 0 bridgehead atoms. The molecule has 0 unspecified atom stereocenters. The van der Waals surface area contributed by atoms with Gasteiger partial charge in [-0.2, -0.15) is 0 Å². The van der Waals surface area contributed by atoms with Crippen molar-refractivity contribution in [2.45, 2.75) is 18.9 Å². The van der Waals surface area contributed by atoms with Gasteiger partial charge in [0.25, 0.3) is 0 Å². The van der Waals surface area contributed by atoms with Crippen molar-refractivity contribution in [1.82, 2.24) is 5.32 Å². The molecule has 108 valence electrons. The number of halogens is 1. The van der Waals surface area contributed by atoms with Gasteiger partial charge in [0.05, 0.1) is 12.5 Å². The minimum absolute atomic E-state index is 0.228. The summed E-state index contributed by atoms with van der Waals surface area (Å²) in [6.07, 6.45) is 0.938. The molecule has 1 aromatic carbocycles. The highest BCUT2D eigenvalue weighted by atomic mass is 127. The first kappa shape index (κ1) is 15.2. The fourth-order valence-corrected chi connectivity index (χ4v) is 2.45. The molecular weight excluding hydrogens is 373 g/mol. The van der Waals surface area contributed by atoms with Crippen molar-refractivity contribution in [2.75, 3.05) is 13.2 Å². The van der Waals surface area contributed by atoms with E-state index in [1.165, 1.54) is 0 Å². The molecule has 1 saturated heterocycles. The zero-order valence-corrected chi connectivity index (χ0v) is 13.0. The number of carboxylic acid groups (broad SMARTS) is 1. The number of carbonyl (C=O) groups is 2. The molecule has 0 radical (unpaired) electrons. The fourth-order valence-electron chi connectivity index (χ4n) is 2.09. The van der Waals surface area contributed by atoms with Gasteiger partial charge in [-0.1, -0.05) is 12.1 Å². The minimum atomic E-state index is -1.02. The summed E-state index contributed by atoms with van der Waals surface area (Å²) in [4.78, 5) is 23.2. The smallest absolute Gasteiger partial charge is 0.326 e. The van der Waals surface area contributed by atoms with Crippen LogP contribution in [-0.4, -0.2) is 36.2 Å². The topological polar surface area (TPSA) is 75.6 Å². The van der Waals surface area contributed by atoms with Crippen LogP contribution in [0.25, 0.3) is 0 Å². The number of hydrogen-bond donors (Lipinski definition) is 2. The highest BCUT2D eigenvalue weighted by molar-refractivity contribution is 14.1. The first-order valence-corrected chi connectivity index (χ1v) is 7.49. The number of carbonyl (C=O) groups excluding carboxylic acids is 1. The van der Waals surface area contributed by atoms with Crippen LogP contribution in [0.2, 0.25) is 0 Å². The number of rotatable bonds is 5. The average molecular weight is 389 g/mol. The van der Waals surface area contributed by atoms with Crippen LogP contribution in [0.15, 0.2) is 24.3 Å². The van der Waals surface area contributed by atoms with E-state index in [2.05, 4.69) is 27.9 Å². The Morgan fingerprint density at radius 2 is 2.10 bits per heavy atom. The van der Waals surface area contributed by atoms with Crippen molar-refractivity contribution in [3.05, 3.63) is 33.4 Å². The third kappa shape index (κ3) is 4.17. The predicted molar refractivity (Wildman–Crippen MR) is 81.4 cm³/mol. The molecule has 20 heavy (non-hydrogen) atoms. The molecule has 0 aromatic heterocycles. The summed E-state index contributed by atoms with van der Waals surface area (Å²) in [6.45, 7) is 0.939. The lowest BCUT2D eigenvalue weighted by atomic mass is 10.0. The number of nitrogens with one attached hydrogen (secondary N) is 1. The summed E-state index contributed by atoms with van der Waals surface area (Å²) in [5.74, 6) is -1.48. The maximum Gasteiger partial charge on any atom is 0.326 e. The summed E-state index contributed by atoms with van der Waals surface area (Å²) >= 11 is 2.19. The molecule has 1 aliphatic rings. The van der Waals surface area contributed by atoms with E-state index >= 15 is 0 Å². The zero-order chi connectivity index (χ0) is 14.5. The molecule has 1 fully saturated rings. The lowest BCUT2D eigenvalue weighted by molar-refractivity contribution is -0.142. The van der Waals surface area contributed by atoms with Gasteiger partial charge in [0.1, 0.15) is 6.04 Å². The highest BCUT2D eigenvalue weighted by Gasteiger charge is 2.28. The average Bonchev–Trinajstić information content (AvgIpc) is 2.94. The Labute approximate surface area is 130 Å². The molecule has 1 amide bonds. The molecular formula is C14H16INO4. The summed E-state index contributed by atoms with van der Waals surface area (Å²) in [5.41, 5.74) is 0.890. The van der Waals surface area contributed by atoms with Crippen molar-refractivity contribution < 1.29 is 19.4 Å². The molecule has 1 aromatic rings.